The molecule has 44 heavy (non-hydrogen) atoms. The molecule has 0 saturated heterocycles. The molecule has 0 spiro atoms. The maximum Gasteiger partial charge on any atom is 0.408 e. The maximum atomic E-state index is 13.7. The minimum atomic E-state index is -1.50. The second-order valence-corrected chi connectivity index (χ2v) is 12.2. The molecule has 0 radical (unpaired) electrons. The Morgan fingerprint density at radius 3 is 2.07 bits per heavy atom. The topological polar surface area (TPSA) is 116 Å². The van der Waals surface area contributed by atoms with Crippen LogP contribution in [0, 0.1) is 0 Å². The number of hydrogen-bond donors (Lipinski definition) is 2. The lowest BCUT2D eigenvalue weighted by atomic mass is 10.0. The number of ether oxygens (including phenoxy) is 2. The molecule has 3 aromatic carbocycles. The fraction of sp³-hybridized carbons (Fsp3) is 0.314. The summed E-state index contributed by atoms with van der Waals surface area (Å²) >= 11 is 0. The SMILES string of the molecule is CC(C)(NC(=O)[C@@H](Cc1cn(C(C)(C)C)c2ccccc12)NC(=O)OCc1ccccc1)C(=O)OCC(=O)c1ccccc1. The Morgan fingerprint density at radius 1 is 0.795 bits per heavy atom. The van der Waals surface area contributed by atoms with E-state index in [0.29, 0.717) is 5.56 Å². The Bertz CT molecular complexity index is 1620. The van der Waals surface area contributed by atoms with Crippen LogP contribution in [0.5, 0.6) is 0 Å². The molecule has 0 bridgehead atoms. The number of amides is 2. The third kappa shape index (κ3) is 8.12. The summed E-state index contributed by atoms with van der Waals surface area (Å²) in [6, 6.07) is 24.5. The normalized spacial score (nSPS) is 12.3. The highest BCUT2D eigenvalue weighted by molar-refractivity contribution is 5.99. The Balaban J connectivity index is 1.52. The molecule has 1 heterocycles. The number of nitrogens with zero attached hydrogens (tertiary/aromatic N) is 1. The van der Waals surface area contributed by atoms with E-state index in [4.69, 9.17) is 9.47 Å². The van der Waals surface area contributed by atoms with Crippen LogP contribution in [-0.2, 0) is 37.6 Å². The summed E-state index contributed by atoms with van der Waals surface area (Å²) in [6.45, 7) is 8.78. The molecular formula is C35H39N3O6. The zero-order chi connectivity index (χ0) is 31.9. The molecule has 0 unspecified atom stereocenters. The molecule has 230 valence electrons. The van der Waals surface area contributed by atoms with E-state index in [1.807, 2.05) is 60.8 Å². The van der Waals surface area contributed by atoms with E-state index in [0.717, 1.165) is 22.0 Å². The molecule has 9 nitrogen and oxygen atoms in total. The van der Waals surface area contributed by atoms with Crippen molar-refractivity contribution in [1.82, 2.24) is 15.2 Å². The summed E-state index contributed by atoms with van der Waals surface area (Å²) in [5, 5.41) is 6.34. The van der Waals surface area contributed by atoms with Crippen LogP contribution in [0.15, 0.2) is 91.1 Å². The molecule has 0 aliphatic heterocycles. The molecule has 2 N–H and O–H groups in total. The number of carbonyl (C=O) groups is 4. The van der Waals surface area contributed by atoms with Gasteiger partial charge in [0.2, 0.25) is 5.91 Å². The first-order valence-corrected chi connectivity index (χ1v) is 14.5. The number of benzene rings is 3. The van der Waals surface area contributed by atoms with Crippen LogP contribution in [0.2, 0.25) is 0 Å². The third-order valence-corrected chi connectivity index (χ3v) is 7.14. The van der Waals surface area contributed by atoms with Gasteiger partial charge in [0, 0.05) is 34.6 Å². The van der Waals surface area contributed by atoms with E-state index < -0.39 is 36.2 Å². The first kappa shape index (κ1) is 32.0. The van der Waals surface area contributed by atoms with Crippen LogP contribution >= 0.6 is 0 Å². The van der Waals surface area contributed by atoms with Crippen molar-refractivity contribution in [2.75, 3.05) is 6.61 Å². The van der Waals surface area contributed by atoms with Crippen LogP contribution < -0.4 is 10.6 Å². The molecule has 0 saturated carbocycles. The number of aromatic nitrogens is 1. The van der Waals surface area contributed by atoms with Gasteiger partial charge in [-0.1, -0.05) is 78.9 Å². The van der Waals surface area contributed by atoms with Gasteiger partial charge in [0.15, 0.2) is 12.4 Å². The molecule has 2 amide bonds. The summed E-state index contributed by atoms with van der Waals surface area (Å²) in [7, 11) is 0. The second-order valence-electron chi connectivity index (χ2n) is 12.2. The fourth-order valence-corrected chi connectivity index (χ4v) is 4.77. The number of ketones is 1. The van der Waals surface area contributed by atoms with E-state index in [2.05, 4.69) is 36.0 Å². The number of fused-ring (bicyclic) bond motifs is 1. The average molecular weight is 598 g/mol. The largest absolute Gasteiger partial charge is 0.456 e. The van der Waals surface area contributed by atoms with Gasteiger partial charge in [-0.25, -0.2) is 9.59 Å². The lowest BCUT2D eigenvalue weighted by molar-refractivity contribution is -0.151. The molecule has 9 heteroatoms. The van der Waals surface area contributed by atoms with Crippen LogP contribution in [0.25, 0.3) is 10.9 Å². The number of esters is 1. The first-order valence-electron chi connectivity index (χ1n) is 14.5. The standard InChI is InChI=1S/C35H39N3O6/c1-34(2,3)38-21-26(27-18-12-13-19-29(27)38)20-28(36-33(42)44-22-24-14-8-6-9-15-24)31(40)37-35(4,5)32(41)43-23-30(39)25-16-10-7-11-17-25/h6-19,21,28H,20,22-23H2,1-5H3,(H,36,42)(H,37,40)/t28-/m1/s1. The Labute approximate surface area is 257 Å². The van der Waals surface area contributed by atoms with Crippen LogP contribution in [0.3, 0.4) is 0 Å². The Hall–Kier alpha value is -4.92. The summed E-state index contributed by atoms with van der Waals surface area (Å²) in [4.78, 5) is 52.1. The monoisotopic (exact) mass is 597 g/mol. The van der Waals surface area contributed by atoms with Crippen molar-refractivity contribution in [2.45, 2.75) is 64.8 Å². The van der Waals surface area contributed by atoms with Gasteiger partial charge in [0.25, 0.3) is 0 Å². The van der Waals surface area contributed by atoms with E-state index >= 15 is 0 Å². The predicted molar refractivity (Wildman–Crippen MR) is 168 cm³/mol. The van der Waals surface area contributed by atoms with Crippen molar-refractivity contribution >= 4 is 34.7 Å². The minimum Gasteiger partial charge on any atom is -0.456 e. The highest BCUT2D eigenvalue weighted by atomic mass is 16.5. The lowest BCUT2D eigenvalue weighted by Crippen LogP contribution is -2.57. The van der Waals surface area contributed by atoms with Gasteiger partial charge in [0.1, 0.15) is 18.2 Å². The van der Waals surface area contributed by atoms with Crippen molar-refractivity contribution in [3.05, 3.63) is 108 Å². The van der Waals surface area contributed by atoms with Gasteiger partial charge in [0.05, 0.1) is 0 Å². The van der Waals surface area contributed by atoms with E-state index in [-0.39, 0.29) is 24.3 Å². The van der Waals surface area contributed by atoms with Crippen LogP contribution in [0.1, 0.15) is 56.1 Å². The predicted octanol–water partition coefficient (Wildman–Crippen LogP) is 5.55. The highest BCUT2D eigenvalue weighted by Gasteiger charge is 2.35. The summed E-state index contributed by atoms with van der Waals surface area (Å²) in [6.07, 6.45) is 1.34. The molecule has 4 rings (SSSR count). The summed E-state index contributed by atoms with van der Waals surface area (Å²) in [5.41, 5.74) is 1.31. The number of carbonyl (C=O) groups excluding carboxylic acids is 4. The quantitative estimate of drug-likeness (QED) is 0.173. The summed E-state index contributed by atoms with van der Waals surface area (Å²) < 4.78 is 12.8. The Kier molecular flexibility index (Phi) is 9.88. The molecule has 0 aliphatic carbocycles. The number of Topliss-reactive ketones (excluding diaryl/α,β-unsaturated/α-hetero) is 1. The number of para-hydroxylation sites is 1. The van der Waals surface area contributed by atoms with E-state index in [1.54, 1.807) is 30.3 Å². The van der Waals surface area contributed by atoms with Crippen molar-refractivity contribution < 1.29 is 28.7 Å². The fourth-order valence-electron chi connectivity index (χ4n) is 4.77. The van der Waals surface area contributed by atoms with Crippen LogP contribution in [0.4, 0.5) is 4.79 Å². The Morgan fingerprint density at radius 2 is 1.41 bits per heavy atom. The van der Waals surface area contributed by atoms with Gasteiger partial charge in [-0.2, -0.15) is 0 Å². The van der Waals surface area contributed by atoms with Crippen molar-refractivity contribution in [2.24, 2.45) is 0 Å². The maximum absolute atomic E-state index is 13.7. The van der Waals surface area contributed by atoms with Crippen molar-refractivity contribution in [1.29, 1.82) is 0 Å². The minimum absolute atomic E-state index is 0.0254. The summed E-state index contributed by atoms with van der Waals surface area (Å²) in [5.74, 6) is -1.76. The van der Waals surface area contributed by atoms with Gasteiger partial charge >= 0.3 is 12.1 Å². The average Bonchev–Trinajstić information content (AvgIpc) is 3.38. The smallest absolute Gasteiger partial charge is 0.408 e. The van der Waals surface area contributed by atoms with Crippen molar-refractivity contribution in [3.8, 4) is 0 Å². The van der Waals surface area contributed by atoms with E-state index in [1.165, 1.54) is 13.8 Å². The van der Waals surface area contributed by atoms with Crippen molar-refractivity contribution in [3.63, 3.8) is 0 Å². The first-order chi connectivity index (χ1) is 20.8. The van der Waals surface area contributed by atoms with Gasteiger partial charge in [-0.05, 0) is 51.8 Å². The van der Waals surface area contributed by atoms with Gasteiger partial charge in [-0.15, -0.1) is 0 Å². The molecule has 0 fully saturated rings. The number of hydrogen-bond acceptors (Lipinski definition) is 6. The number of alkyl carbamates (subject to hydrolysis) is 1. The molecule has 1 aromatic heterocycles. The van der Waals surface area contributed by atoms with Gasteiger partial charge in [-0.3, -0.25) is 9.59 Å². The molecule has 0 aliphatic rings. The molecule has 4 aromatic rings. The lowest BCUT2D eigenvalue weighted by Gasteiger charge is -2.27. The number of rotatable bonds is 11. The highest BCUT2D eigenvalue weighted by Crippen LogP contribution is 2.28. The number of nitrogens with one attached hydrogen (secondary N) is 2. The van der Waals surface area contributed by atoms with Gasteiger partial charge < -0.3 is 24.7 Å². The zero-order valence-electron chi connectivity index (χ0n) is 25.8. The third-order valence-electron chi connectivity index (χ3n) is 7.14. The van der Waals surface area contributed by atoms with Crippen LogP contribution in [-0.4, -0.2) is 46.5 Å². The van der Waals surface area contributed by atoms with E-state index in [9.17, 15) is 19.2 Å². The molecular weight excluding hydrogens is 558 g/mol. The second kappa shape index (κ2) is 13.6. The molecule has 1 atom stereocenters. The zero-order valence-corrected chi connectivity index (χ0v) is 25.8.